The zero-order valence-corrected chi connectivity index (χ0v) is 17.2. The summed E-state index contributed by atoms with van der Waals surface area (Å²) < 4.78 is 35.5. The predicted molar refractivity (Wildman–Crippen MR) is 110 cm³/mol. The van der Waals surface area contributed by atoms with E-state index in [2.05, 4.69) is 4.98 Å². The van der Waals surface area contributed by atoms with Crippen molar-refractivity contribution < 1.29 is 23.4 Å². The average Bonchev–Trinajstić information content (AvgIpc) is 2.66. The molecule has 160 valence electrons. The van der Waals surface area contributed by atoms with E-state index in [1.807, 2.05) is 0 Å². The van der Waals surface area contributed by atoms with E-state index < -0.39 is 17.6 Å². The van der Waals surface area contributed by atoms with E-state index >= 15 is 0 Å². The van der Waals surface area contributed by atoms with Gasteiger partial charge in [-0.15, -0.1) is 0 Å². The normalized spacial score (nSPS) is 17.6. The van der Waals surface area contributed by atoms with E-state index in [4.69, 9.17) is 21.4 Å². The van der Waals surface area contributed by atoms with Crippen molar-refractivity contribution in [1.29, 1.82) is 0 Å². The van der Waals surface area contributed by atoms with Gasteiger partial charge in [-0.25, -0.2) is 13.8 Å². The zero-order valence-electron chi connectivity index (χ0n) is 16.4. The summed E-state index contributed by atoms with van der Waals surface area (Å²) in [5.74, 6) is -1.85. The van der Waals surface area contributed by atoms with Gasteiger partial charge in [0.1, 0.15) is 28.4 Å². The quantitative estimate of drug-likeness (QED) is 0.665. The topological polar surface area (TPSA) is 62.7 Å². The van der Waals surface area contributed by atoms with Crippen LogP contribution in [0.2, 0.25) is 5.02 Å². The van der Waals surface area contributed by atoms with Gasteiger partial charge < -0.3 is 14.7 Å². The first kappa shape index (κ1) is 20.8. The maximum Gasteiger partial charge on any atom is 0.303 e. The van der Waals surface area contributed by atoms with Crippen LogP contribution in [-0.2, 0) is 4.79 Å². The van der Waals surface area contributed by atoms with E-state index in [9.17, 15) is 13.6 Å². The fraction of sp³-hybridized carbons (Fsp3) is 0.455. The molecule has 0 bridgehead atoms. The molecule has 4 rings (SSSR count). The van der Waals surface area contributed by atoms with Crippen LogP contribution in [-0.4, -0.2) is 35.3 Å². The first-order valence-electron chi connectivity index (χ1n) is 10.2. The summed E-state index contributed by atoms with van der Waals surface area (Å²) in [6, 6.07) is 5.77. The number of nitrogens with zero attached hydrogens (tertiary/aromatic N) is 2. The molecule has 2 aliphatic rings. The number of anilines is 1. The van der Waals surface area contributed by atoms with Crippen LogP contribution < -0.4 is 9.64 Å². The van der Waals surface area contributed by atoms with Gasteiger partial charge in [0.15, 0.2) is 0 Å². The molecule has 5 nitrogen and oxygen atoms in total. The third-order valence-corrected chi connectivity index (χ3v) is 6.14. The fourth-order valence-electron chi connectivity index (χ4n) is 3.94. The number of carboxylic acids is 1. The van der Waals surface area contributed by atoms with Gasteiger partial charge in [0.25, 0.3) is 0 Å². The SMILES string of the molecule is O=C(O)CC1CCN(c2c(F)cc(-c3ccc(Cl)c(OC4CCC4)n3)cc2F)CC1. The van der Waals surface area contributed by atoms with Crippen LogP contribution >= 0.6 is 11.6 Å². The van der Waals surface area contributed by atoms with Gasteiger partial charge in [0.2, 0.25) is 5.88 Å². The molecular formula is C22H23ClF2N2O3. The van der Waals surface area contributed by atoms with Crippen molar-refractivity contribution in [3.05, 3.63) is 40.9 Å². The number of pyridine rings is 1. The van der Waals surface area contributed by atoms with Gasteiger partial charge in [-0.2, -0.15) is 0 Å². The average molecular weight is 437 g/mol. The van der Waals surface area contributed by atoms with Crippen LogP contribution in [0.5, 0.6) is 5.88 Å². The van der Waals surface area contributed by atoms with E-state index in [0.717, 1.165) is 19.3 Å². The lowest BCUT2D eigenvalue weighted by Gasteiger charge is -2.33. The van der Waals surface area contributed by atoms with Crippen LogP contribution in [0.3, 0.4) is 0 Å². The van der Waals surface area contributed by atoms with Gasteiger partial charge in [-0.1, -0.05) is 11.6 Å². The molecule has 8 heteroatoms. The summed E-state index contributed by atoms with van der Waals surface area (Å²) in [7, 11) is 0. The number of rotatable bonds is 6. The number of ether oxygens (including phenoxy) is 1. The molecule has 0 unspecified atom stereocenters. The summed E-state index contributed by atoms with van der Waals surface area (Å²) in [5, 5.41) is 9.29. The van der Waals surface area contributed by atoms with Crippen LogP contribution in [0.15, 0.2) is 24.3 Å². The standard InChI is InChI=1S/C22H23ClF2N2O3/c23-16-4-5-19(26-22(16)30-15-2-1-3-15)14-11-17(24)21(18(25)12-14)27-8-6-13(7-9-27)10-20(28)29/h4-5,11-13,15H,1-3,6-10H2,(H,28,29). The van der Waals surface area contributed by atoms with Crippen molar-refractivity contribution in [2.24, 2.45) is 5.92 Å². The molecule has 1 aromatic heterocycles. The van der Waals surface area contributed by atoms with Crippen molar-refractivity contribution in [2.75, 3.05) is 18.0 Å². The number of carbonyl (C=O) groups is 1. The van der Waals surface area contributed by atoms with Crippen molar-refractivity contribution in [1.82, 2.24) is 4.98 Å². The summed E-state index contributed by atoms with van der Waals surface area (Å²) in [5.41, 5.74) is 0.621. The molecule has 1 N–H and O–H groups in total. The number of aliphatic carboxylic acids is 1. The van der Waals surface area contributed by atoms with Gasteiger partial charge >= 0.3 is 5.97 Å². The molecule has 1 aliphatic carbocycles. The van der Waals surface area contributed by atoms with Crippen molar-refractivity contribution in [3.8, 4) is 17.1 Å². The fourth-order valence-corrected chi connectivity index (χ4v) is 4.09. The Morgan fingerprint density at radius 3 is 2.40 bits per heavy atom. The summed E-state index contributed by atoms with van der Waals surface area (Å²) in [6.45, 7) is 0.841. The lowest BCUT2D eigenvalue weighted by Crippen LogP contribution is -2.35. The maximum atomic E-state index is 14.9. The van der Waals surface area contributed by atoms with Crippen molar-refractivity contribution in [3.63, 3.8) is 0 Å². The molecule has 0 amide bonds. The first-order valence-corrected chi connectivity index (χ1v) is 10.6. The molecule has 1 saturated carbocycles. The molecule has 2 heterocycles. The Bertz CT molecular complexity index is 921. The maximum absolute atomic E-state index is 14.9. The van der Waals surface area contributed by atoms with E-state index in [1.165, 1.54) is 12.1 Å². The Hall–Kier alpha value is -2.41. The highest BCUT2D eigenvalue weighted by Crippen LogP contribution is 2.35. The van der Waals surface area contributed by atoms with Gasteiger partial charge in [0.05, 0.1) is 5.69 Å². The van der Waals surface area contributed by atoms with Crippen LogP contribution in [0, 0.1) is 17.6 Å². The molecule has 1 aromatic carbocycles. The lowest BCUT2D eigenvalue weighted by atomic mass is 9.93. The molecule has 0 spiro atoms. The number of halogens is 3. The Balaban J connectivity index is 1.53. The van der Waals surface area contributed by atoms with Gasteiger partial charge in [-0.3, -0.25) is 4.79 Å². The smallest absolute Gasteiger partial charge is 0.303 e. The number of aromatic nitrogens is 1. The van der Waals surface area contributed by atoms with Crippen LogP contribution in [0.1, 0.15) is 38.5 Å². The molecule has 0 atom stereocenters. The molecule has 1 aliphatic heterocycles. The van der Waals surface area contributed by atoms with E-state index in [-0.39, 0.29) is 30.0 Å². The highest BCUT2D eigenvalue weighted by molar-refractivity contribution is 6.31. The number of piperidine rings is 1. The minimum atomic E-state index is -0.841. The first-order chi connectivity index (χ1) is 14.4. The molecule has 2 fully saturated rings. The Morgan fingerprint density at radius 1 is 1.17 bits per heavy atom. The second-order valence-corrected chi connectivity index (χ2v) is 8.38. The molecular weight excluding hydrogens is 414 g/mol. The second-order valence-electron chi connectivity index (χ2n) is 7.97. The Labute approximate surface area is 178 Å². The number of hydrogen-bond acceptors (Lipinski definition) is 4. The molecule has 0 radical (unpaired) electrons. The predicted octanol–water partition coefficient (Wildman–Crippen LogP) is 5.30. The summed E-state index contributed by atoms with van der Waals surface area (Å²) in [6.07, 6.45) is 4.36. The van der Waals surface area contributed by atoms with Crippen molar-refractivity contribution in [2.45, 2.75) is 44.6 Å². The highest BCUT2D eigenvalue weighted by atomic mass is 35.5. The second kappa shape index (κ2) is 8.76. The third kappa shape index (κ3) is 4.51. The molecule has 30 heavy (non-hydrogen) atoms. The number of benzene rings is 1. The highest BCUT2D eigenvalue weighted by Gasteiger charge is 2.26. The largest absolute Gasteiger partial charge is 0.481 e. The Morgan fingerprint density at radius 2 is 1.83 bits per heavy atom. The van der Waals surface area contributed by atoms with Gasteiger partial charge in [0, 0.05) is 25.1 Å². The van der Waals surface area contributed by atoms with Gasteiger partial charge in [-0.05, 0) is 62.3 Å². The molecule has 2 aromatic rings. The van der Waals surface area contributed by atoms with E-state index in [0.29, 0.717) is 42.2 Å². The zero-order chi connectivity index (χ0) is 21.3. The third-order valence-electron chi connectivity index (χ3n) is 5.85. The van der Waals surface area contributed by atoms with Crippen LogP contribution in [0.4, 0.5) is 14.5 Å². The summed E-state index contributed by atoms with van der Waals surface area (Å²) in [4.78, 5) is 16.9. The number of carboxylic acid groups (broad SMARTS) is 1. The lowest BCUT2D eigenvalue weighted by molar-refractivity contribution is -0.138. The monoisotopic (exact) mass is 436 g/mol. The minimum absolute atomic E-state index is 0.0384. The van der Waals surface area contributed by atoms with E-state index in [1.54, 1.807) is 17.0 Å². The summed E-state index contributed by atoms with van der Waals surface area (Å²) >= 11 is 6.16. The van der Waals surface area contributed by atoms with Crippen molar-refractivity contribution >= 4 is 23.3 Å². The number of hydrogen-bond donors (Lipinski definition) is 1. The Kier molecular flexibility index (Phi) is 6.09. The van der Waals surface area contributed by atoms with Crippen LogP contribution in [0.25, 0.3) is 11.3 Å². The molecule has 1 saturated heterocycles. The minimum Gasteiger partial charge on any atom is -0.481 e.